The van der Waals surface area contributed by atoms with E-state index in [9.17, 15) is 22.0 Å². The number of hydrogen-bond donors (Lipinski definition) is 2. The number of nitrogens with zero attached hydrogens (tertiary/aromatic N) is 1. The lowest BCUT2D eigenvalue weighted by molar-refractivity contribution is -0.0512. The monoisotopic (exact) mass is 531 g/mol. The second kappa shape index (κ2) is 12.3. The van der Waals surface area contributed by atoms with Crippen LogP contribution in [0.1, 0.15) is 11.1 Å². The Morgan fingerprint density at radius 3 is 2.14 bits per heavy atom. The summed E-state index contributed by atoms with van der Waals surface area (Å²) in [7, 11) is 1.44. The molecule has 0 radical (unpaired) electrons. The van der Waals surface area contributed by atoms with E-state index in [4.69, 9.17) is 0 Å². The van der Waals surface area contributed by atoms with Crippen LogP contribution >= 0.6 is 24.0 Å². The fourth-order valence-electron chi connectivity index (χ4n) is 2.35. The van der Waals surface area contributed by atoms with Gasteiger partial charge in [0.15, 0.2) is 5.96 Å². The third-order valence-electron chi connectivity index (χ3n) is 3.58. The minimum absolute atomic E-state index is 0. The van der Waals surface area contributed by atoms with Crippen LogP contribution in [0.3, 0.4) is 0 Å². The molecule has 0 fully saturated rings. The number of halogens is 6. The standard InChI is InChI=1S/C18H18F5N3O2.HI/c1-24-18(25-9-11-5-2-3-7-14(11)27-16(20)21)26-10-12-13(19)6-4-8-15(12)28-17(22)23;/h2-8,16-17H,9-10H2,1H3,(H2,24,25,26);1H. The molecule has 0 spiro atoms. The van der Waals surface area contributed by atoms with Crippen LogP contribution < -0.4 is 20.1 Å². The average molecular weight is 531 g/mol. The summed E-state index contributed by atoms with van der Waals surface area (Å²) >= 11 is 0. The normalized spacial score (nSPS) is 11.2. The molecule has 0 saturated carbocycles. The molecule has 0 aromatic heterocycles. The number of alkyl halides is 4. The van der Waals surface area contributed by atoms with Crippen LogP contribution in [0.25, 0.3) is 0 Å². The van der Waals surface area contributed by atoms with Crippen molar-refractivity contribution >= 4 is 29.9 Å². The molecule has 5 nitrogen and oxygen atoms in total. The summed E-state index contributed by atoms with van der Waals surface area (Å²) in [5, 5.41) is 5.61. The van der Waals surface area contributed by atoms with Crippen LogP contribution in [-0.4, -0.2) is 26.2 Å². The summed E-state index contributed by atoms with van der Waals surface area (Å²) in [6.45, 7) is -6.17. The number of ether oxygens (including phenoxy) is 2. The quantitative estimate of drug-likeness (QED) is 0.228. The van der Waals surface area contributed by atoms with Gasteiger partial charge >= 0.3 is 13.2 Å². The highest BCUT2D eigenvalue weighted by atomic mass is 127. The van der Waals surface area contributed by atoms with Crippen molar-refractivity contribution in [3.63, 3.8) is 0 Å². The van der Waals surface area contributed by atoms with Crippen LogP contribution in [0.4, 0.5) is 22.0 Å². The minimum atomic E-state index is -3.09. The molecule has 2 aromatic carbocycles. The average Bonchev–Trinajstić information content (AvgIpc) is 2.64. The summed E-state index contributed by atoms with van der Waals surface area (Å²) < 4.78 is 72.6. The van der Waals surface area contributed by atoms with E-state index in [1.165, 1.54) is 25.2 Å². The summed E-state index contributed by atoms with van der Waals surface area (Å²) in [6.07, 6.45) is 0. The fraction of sp³-hybridized carbons (Fsp3) is 0.278. The van der Waals surface area contributed by atoms with E-state index < -0.39 is 19.0 Å². The van der Waals surface area contributed by atoms with Crippen molar-refractivity contribution < 1.29 is 31.4 Å². The molecule has 0 aliphatic heterocycles. The first-order valence-electron chi connectivity index (χ1n) is 8.10. The molecule has 0 amide bonds. The number of aliphatic imine (C=N–C) groups is 1. The van der Waals surface area contributed by atoms with Crippen LogP contribution in [0.2, 0.25) is 0 Å². The number of rotatable bonds is 8. The smallest absolute Gasteiger partial charge is 0.387 e. The summed E-state index contributed by atoms with van der Waals surface area (Å²) in [6, 6.07) is 9.78. The summed E-state index contributed by atoms with van der Waals surface area (Å²) in [5.74, 6) is -0.828. The molecule has 2 aromatic rings. The fourth-order valence-corrected chi connectivity index (χ4v) is 2.35. The highest BCUT2D eigenvalue weighted by molar-refractivity contribution is 14.0. The molecule has 11 heteroatoms. The maximum absolute atomic E-state index is 14.0. The van der Waals surface area contributed by atoms with E-state index in [0.29, 0.717) is 5.56 Å². The van der Waals surface area contributed by atoms with Crippen molar-refractivity contribution in [3.05, 3.63) is 59.4 Å². The lowest BCUT2D eigenvalue weighted by Gasteiger charge is -2.16. The second-order valence-corrected chi connectivity index (χ2v) is 5.36. The van der Waals surface area contributed by atoms with Gasteiger partial charge in [-0.15, -0.1) is 24.0 Å². The molecule has 0 bridgehead atoms. The number of guanidine groups is 1. The predicted molar refractivity (Wildman–Crippen MR) is 109 cm³/mol. The van der Waals surface area contributed by atoms with Crippen molar-refractivity contribution in [1.29, 1.82) is 0 Å². The van der Waals surface area contributed by atoms with Gasteiger partial charge in [-0.2, -0.15) is 17.6 Å². The first-order valence-corrected chi connectivity index (χ1v) is 8.10. The Morgan fingerprint density at radius 2 is 1.48 bits per heavy atom. The second-order valence-electron chi connectivity index (χ2n) is 5.36. The number of benzene rings is 2. The van der Waals surface area contributed by atoms with Gasteiger partial charge in [0, 0.05) is 31.3 Å². The molecule has 160 valence electrons. The molecule has 0 aliphatic carbocycles. The van der Waals surface area contributed by atoms with E-state index in [1.807, 2.05) is 0 Å². The van der Waals surface area contributed by atoms with Gasteiger partial charge in [0.25, 0.3) is 0 Å². The Kier molecular flexibility index (Phi) is 10.5. The van der Waals surface area contributed by atoms with E-state index >= 15 is 0 Å². The SMILES string of the molecule is CN=C(NCc1ccccc1OC(F)F)NCc1c(F)cccc1OC(F)F.I. The Balaban J connectivity index is 0.00000420. The molecule has 2 rings (SSSR count). The van der Waals surface area contributed by atoms with E-state index in [0.717, 1.165) is 6.07 Å². The zero-order chi connectivity index (χ0) is 20.5. The number of para-hydroxylation sites is 1. The third kappa shape index (κ3) is 7.91. The summed E-state index contributed by atoms with van der Waals surface area (Å²) in [5.41, 5.74) is 0.338. The minimum Gasteiger partial charge on any atom is -0.434 e. The van der Waals surface area contributed by atoms with Crippen molar-refractivity contribution in [2.75, 3.05) is 7.05 Å². The Labute approximate surface area is 181 Å². The van der Waals surface area contributed by atoms with Gasteiger partial charge in [0.05, 0.1) is 0 Å². The van der Waals surface area contributed by atoms with Gasteiger partial charge in [0.1, 0.15) is 17.3 Å². The molecule has 0 saturated heterocycles. The topological polar surface area (TPSA) is 54.9 Å². The highest BCUT2D eigenvalue weighted by Gasteiger charge is 2.14. The van der Waals surface area contributed by atoms with Crippen molar-refractivity contribution in [3.8, 4) is 11.5 Å². The Morgan fingerprint density at radius 1 is 0.897 bits per heavy atom. The lowest BCUT2D eigenvalue weighted by Crippen LogP contribution is -2.36. The van der Waals surface area contributed by atoms with Gasteiger partial charge in [0.2, 0.25) is 0 Å². The molecular formula is C18H19F5IN3O2. The highest BCUT2D eigenvalue weighted by Crippen LogP contribution is 2.23. The molecule has 0 aliphatic rings. The zero-order valence-corrected chi connectivity index (χ0v) is 17.5. The third-order valence-corrected chi connectivity index (χ3v) is 3.58. The van der Waals surface area contributed by atoms with Crippen molar-refractivity contribution in [2.24, 2.45) is 4.99 Å². The first kappa shape index (κ1) is 24.7. The Hall–Kier alpha value is -2.31. The van der Waals surface area contributed by atoms with Gasteiger partial charge in [-0.1, -0.05) is 24.3 Å². The Bertz CT molecular complexity index is 809. The molecule has 29 heavy (non-hydrogen) atoms. The molecule has 0 atom stereocenters. The van der Waals surface area contributed by atoms with Gasteiger partial charge < -0.3 is 20.1 Å². The molecular weight excluding hydrogens is 512 g/mol. The lowest BCUT2D eigenvalue weighted by atomic mass is 10.2. The van der Waals surface area contributed by atoms with Crippen molar-refractivity contribution in [2.45, 2.75) is 26.3 Å². The van der Waals surface area contributed by atoms with Gasteiger partial charge in [-0.25, -0.2) is 4.39 Å². The van der Waals surface area contributed by atoms with E-state index in [-0.39, 0.29) is 60.1 Å². The number of nitrogens with one attached hydrogen (secondary N) is 2. The zero-order valence-electron chi connectivity index (χ0n) is 15.2. The molecule has 2 N–H and O–H groups in total. The van der Waals surface area contributed by atoms with Crippen LogP contribution in [0.15, 0.2) is 47.5 Å². The maximum atomic E-state index is 14.0. The largest absolute Gasteiger partial charge is 0.434 e. The van der Waals surface area contributed by atoms with Crippen LogP contribution in [0, 0.1) is 5.82 Å². The number of hydrogen-bond acceptors (Lipinski definition) is 3. The maximum Gasteiger partial charge on any atom is 0.387 e. The van der Waals surface area contributed by atoms with Crippen molar-refractivity contribution in [1.82, 2.24) is 10.6 Å². The predicted octanol–water partition coefficient (Wildman–Crippen LogP) is 4.51. The van der Waals surface area contributed by atoms with Crippen LogP contribution in [0.5, 0.6) is 11.5 Å². The van der Waals surface area contributed by atoms with Crippen LogP contribution in [-0.2, 0) is 13.1 Å². The summed E-state index contributed by atoms with van der Waals surface area (Å²) in [4.78, 5) is 3.92. The first-order chi connectivity index (χ1) is 13.4. The van der Waals surface area contributed by atoms with E-state index in [2.05, 4.69) is 25.1 Å². The van der Waals surface area contributed by atoms with Gasteiger partial charge in [-0.3, -0.25) is 4.99 Å². The van der Waals surface area contributed by atoms with Gasteiger partial charge in [-0.05, 0) is 18.2 Å². The van der Waals surface area contributed by atoms with E-state index in [1.54, 1.807) is 18.2 Å². The molecule has 0 unspecified atom stereocenters. The molecule has 0 heterocycles.